The van der Waals surface area contributed by atoms with Crippen LogP contribution in [-0.2, 0) is 0 Å². The summed E-state index contributed by atoms with van der Waals surface area (Å²) in [6.07, 6.45) is -0.526. The minimum Gasteiger partial charge on any atom is -0.506 e. The number of aliphatic hydroxyl groups excluding tert-OH is 1. The first kappa shape index (κ1) is 14.0. The van der Waals surface area contributed by atoms with Gasteiger partial charge in [-0.1, -0.05) is 17.7 Å². The van der Waals surface area contributed by atoms with E-state index in [1.165, 1.54) is 6.07 Å². The third-order valence-corrected chi connectivity index (χ3v) is 3.93. The number of fused-ring (bicyclic) bond motifs is 1. The van der Waals surface area contributed by atoms with Crippen LogP contribution < -0.4 is 9.47 Å². The van der Waals surface area contributed by atoms with Crippen molar-refractivity contribution in [2.75, 3.05) is 7.11 Å². The molecule has 2 atom stereocenters. The number of hydrogen-bond donors (Lipinski definition) is 2. The minimum atomic E-state index is -0.638. The topological polar surface area (TPSA) is 58.9 Å². The highest BCUT2D eigenvalue weighted by Crippen LogP contribution is 2.43. The van der Waals surface area contributed by atoms with Crippen LogP contribution >= 0.6 is 11.6 Å². The molecule has 0 fully saturated rings. The van der Waals surface area contributed by atoms with Gasteiger partial charge in [0.1, 0.15) is 23.4 Å². The number of hydrogen-bond acceptors (Lipinski definition) is 4. The van der Waals surface area contributed by atoms with E-state index in [0.29, 0.717) is 17.9 Å². The van der Waals surface area contributed by atoms with Gasteiger partial charge in [0.2, 0.25) is 0 Å². The second kappa shape index (κ2) is 5.47. The molecule has 1 unspecified atom stereocenters. The van der Waals surface area contributed by atoms with Crippen molar-refractivity contribution in [1.29, 1.82) is 0 Å². The van der Waals surface area contributed by atoms with Crippen molar-refractivity contribution in [2.45, 2.75) is 18.6 Å². The zero-order valence-corrected chi connectivity index (χ0v) is 12.2. The van der Waals surface area contributed by atoms with Gasteiger partial charge in [-0.3, -0.25) is 0 Å². The maximum Gasteiger partial charge on any atom is 0.134 e. The molecule has 2 N–H and O–H groups in total. The fourth-order valence-corrected chi connectivity index (χ4v) is 2.67. The van der Waals surface area contributed by atoms with Crippen molar-refractivity contribution in [2.24, 2.45) is 0 Å². The Kier molecular flexibility index (Phi) is 3.66. The summed E-state index contributed by atoms with van der Waals surface area (Å²) in [7, 11) is 1.58. The van der Waals surface area contributed by atoms with Gasteiger partial charge >= 0.3 is 0 Å². The van der Waals surface area contributed by atoms with E-state index in [2.05, 4.69) is 0 Å². The molecule has 1 heterocycles. The van der Waals surface area contributed by atoms with Crippen LogP contribution in [0.15, 0.2) is 36.4 Å². The Balaban J connectivity index is 1.92. The molecule has 0 amide bonds. The number of phenolic OH excluding ortho intramolecular Hbond substituents is 1. The molecule has 2 aromatic carbocycles. The molecule has 5 heteroatoms. The fourth-order valence-electron chi connectivity index (χ4n) is 2.48. The number of halogens is 1. The summed E-state index contributed by atoms with van der Waals surface area (Å²) >= 11 is 5.92. The van der Waals surface area contributed by atoms with Gasteiger partial charge in [0.15, 0.2) is 0 Å². The van der Waals surface area contributed by atoms with Crippen LogP contribution in [0.5, 0.6) is 17.2 Å². The van der Waals surface area contributed by atoms with E-state index in [1.54, 1.807) is 37.4 Å². The van der Waals surface area contributed by atoms with E-state index in [4.69, 9.17) is 21.1 Å². The summed E-state index contributed by atoms with van der Waals surface area (Å²) in [4.78, 5) is 0. The lowest BCUT2D eigenvalue weighted by molar-refractivity contribution is 0.0654. The molecule has 1 aliphatic rings. The van der Waals surface area contributed by atoms with Crippen molar-refractivity contribution < 1.29 is 19.7 Å². The van der Waals surface area contributed by atoms with Gasteiger partial charge in [-0.25, -0.2) is 0 Å². The smallest absolute Gasteiger partial charge is 0.134 e. The van der Waals surface area contributed by atoms with Gasteiger partial charge in [-0.05, 0) is 35.9 Å². The molecule has 3 rings (SSSR count). The Morgan fingerprint density at radius 1 is 1.24 bits per heavy atom. The van der Waals surface area contributed by atoms with Gasteiger partial charge in [0.05, 0.1) is 18.2 Å². The predicted molar refractivity (Wildman–Crippen MR) is 79.1 cm³/mol. The van der Waals surface area contributed by atoms with Gasteiger partial charge in [0.25, 0.3) is 0 Å². The normalized spacial score (nSPS) is 20.5. The number of phenols is 1. The highest BCUT2D eigenvalue weighted by molar-refractivity contribution is 6.32. The number of ether oxygens (including phenoxy) is 2. The zero-order valence-electron chi connectivity index (χ0n) is 11.4. The van der Waals surface area contributed by atoms with Crippen molar-refractivity contribution in [3.05, 3.63) is 52.5 Å². The lowest BCUT2D eigenvalue weighted by atomic mass is 9.95. The molecular formula is C16H15ClO4. The van der Waals surface area contributed by atoms with E-state index < -0.39 is 6.10 Å². The van der Waals surface area contributed by atoms with Crippen molar-refractivity contribution >= 4 is 11.6 Å². The zero-order chi connectivity index (χ0) is 15.0. The average Bonchev–Trinajstić information content (AvgIpc) is 2.49. The highest BCUT2D eigenvalue weighted by Gasteiger charge is 2.28. The molecule has 0 bridgehead atoms. The Morgan fingerprint density at radius 3 is 2.76 bits per heavy atom. The number of benzene rings is 2. The van der Waals surface area contributed by atoms with Crippen LogP contribution in [0.1, 0.15) is 29.8 Å². The van der Waals surface area contributed by atoms with Crippen molar-refractivity contribution in [1.82, 2.24) is 0 Å². The first-order chi connectivity index (χ1) is 10.1. The second-order valence-electron chi connectivity index (χ2n) is 4.97. The van der Waals surface area contributed by atoms with E-state index in [9.17, 15) is 10.2 Å². The molecule has 0 aliphatic carbocycles. The molecule has 2 aromatic rings. The third kappa shape index (κ3) is 2.64. The summed E-state index contributed by atoms with van der Waals surface area (Å²) in [6.45, 7) is 0. The average molecular weight is 307 g/mol. The molecular weight excluding hydrogens is 292 g/mol. The number of methoxy groups -OCH3 is 1. The number of aliphatic hydroxyl groups is 1. The summed E-state index contributed by atoms with van der Waals surface area (Å²) in [5, 5.41) is 20.1. The van der Waals surface area contributed by atoms with Crippen molar-refractivity contribution in [3.63, 3.8) is 0 Å². The maximum absolute atomic E-state index is 10.3. The molecule has 0 radical (unpaired) electrons. The van der Waals surface area contributed by atoms with Crippen LogP contribution in [0.25, 0.3) is 0 Å². The van der Waals surface area contributed by atoms with Crippen molar-refractivity contribution in [3.8, 4) is 17.2 Å². The molecule has 0 saturated carbocycles. The Labute approximate surface area is 127 Å². The first-order valence-electron chi connectivity index (χ1n) is 6.59. The van der Waals surface area contributed by atoms with Crippen LogP contribution in [0, 0.1) is 0 Å². The first-order valence-corrected chi connectivity index (χ1v) is 6.97. The second-order valence-corrected chi connectivity index (χ2v) is 5.38. The Bertz CT molecular complexity index is 671. The summed E-state index contributed by atoms with van der Waals surface area (Å²) in [5.74, 6) is 1.34. The van der Waals surface area contributed by atoms with E-state index in [-0.39, 0.29) is 16.9 Å². The summed E-state index contributed by atoms with van der Waals surface area (Å²) < 4.78 is 11.1. The Morgan fingerprint density at radius 2 is 2.05 bits per heavy atom. The van der Waals surface area contributed by atoms with Gasteiger partial charge in [-0.2, -0.15) is 0 Å². The molecule has 0 aromatic heterocycles. The largest absolute Gasteiger partial charge is 0.506 e. The molecule has 0 spiro atoms. The van der Waals surface area contributed by atoms with E-state index in [0.717, 1.165) is 11.1 Å². The standard InChI is InChI=1S/C16H15ClO4/c1-20-10-3-5-15-11(7-10)14(19)8-16(21-15)9-2-4-13(18)12(17)6-9/h2-7,14,16,18-19H,8H2,1H3/t14-,16?/m0/s1. The van der Waals surface area contributed by atoms with Crippen LogP contribution in [0.2, 0.25) is 5.02 Å². The quantitative estimate of drug-likeness (QED) is 0.890. The Hall–Kier alpha value is -1.91. The van der Waals surface area contributed by atoms with Crippen LogP contribution in [0.3, 0.4) is 0 Å². The van der Waals surface area contributed by atoms with Gasteiger partial charge < -0.3 is 19.7 Å². The van der Waals surface area contributed by atoms with E-state index >= 15 is 0 Å². The van der Waals surface area contributed by atoms with Gasteiger partial charge in [-0.15, -0.1) is 0 Å². The van der Waals surface area contributed by atoms with Gasteiger partial charge in [0, 0.05) is 12.0 Å². The monoisotopic (exact) mass is 306 g/mol. The summed E-state index contributed by atoms with van der Waals surface area (Å²) in [6, 6.07) is 10.3. The third-order valence-electron chi connectivity index (χ3n) is 3.63. The lowest BCUT2D eigenvalue weighted by Crippen LogP contribution is -2.19. The van der Waals surface area contributed by atoms with Crippen LogP contribution in [-0.4, -0.2) is 17.3 Å². The predicted octanol–water partition coefficient (Wildman–Crippen LogP) is 3.61. The fraction of sp³-hybridized carbons (Fsp3) is 0.250. The minimum absolute atomic E-state index is 0.0295. The molecule has 0 saturated heterocycles. The molecule has 21 heavy (non-hydrogen) atoms. The maximum atomic E-state index is 10.3. The summed E-state index contributed by atoms with van der Waals surface area (Å²) in [5.41, 5.74) is 1.54. The SMILES string of the molecule is COc1ccc2c(c1)[C@@H](O)CC(c1ccc(O)c(Cl)c1)O2. The molecule has 110 valence electrons. The van der Waals surface area contributed by atoms with Crippen LogP contribution in [0.4, 0.5) is 0 Å². The number of aromatic hydroxyl groups is 1. The lowest BCUT2D eigenvalue weighted by Gasteiger charge is -2.30. The number of rotatable bonds is 2. The van der Waals surface area contributed by atoms with E-state index in [1.807, 2.05) is 0 Å². The molecule has 1 aliphatic heterocycles. The highest BCUT2D eigenvalue weighted by atomic mass is 35.5. The molecule has 4 nitrogen and oxygen atoms in total.